The minimum absolute atomic E-state index is 0.165. The van der Waals surface area contributed by atoms with E-state index in [1.54, 1.807) is 0 Å². The summed E-state index contributed by atoms with van der Waals surface area (Å²) in [5, 5.41) is 3.50. The van der Waals surface area contributed by atoms with Gasteiger partial charge in [-0.15, -0.1) is 0 Å². The van der Waals surface area contributed by atoms with Crippen molar-refractivity contribution in [3.8, 4) is 5.75 Å². The maximum atomic E-state index is 5.97. The molecule has 1 saturated heterocycles. The van der Waals surface area contributed by atoms with E-state index >= 15 is 0 Å². The highest BCUT2D eigenvalue weighted by molar-refractivity contribution is 5.34. The lowest BCUT2D eigenvalue weighted by molar-refractivity contribution is 0.237. The molecule has 1 fully saturated rings. The molecule has 150 valence electrons. The molecule has 1 N–H and O–H groups in total. The van der Waals surface area contributed by atoms with Gasteiger partial charge in [0, 0.05) is 25.8 Å². The molecule has 29 heavy (non-hydrogen) atoms. The molecule has 0 saturated carbocycles. The number of nitrogens with one attached hydrogen (secondary N) is 1. The minimum Gasteiger partial charge on any atom is -0.489 e. The zero-order valence-electron chi connectivity index (χ0n) is 17.1. The van der Waals surface area contributed by atoms with E-state index in [0.29, 0.717) is 6.61 Å². The third-order valence-electron chi connectivity index (χ3n) is 5.40. The van der Waals surface area contributed by atoms with Gasteiger partial charge in [0.25, 0.3) is 0 Å². The van der Waals surface area contributed by atoms with Crippen LogP contribution in [0.15, 0.2) is 72.9 Å². The molecule has 2 aromatic carbocycles. The molecule has 0 aliphatic carbocycles. The predicted molar refractivity (Wildman–Crippen MR) is 117 cm³/mol. The van der Waals surface area contributed by atoms with Crippen LogP contribution in [0.1, 0.15) is 34.8 Å². The van der Waals surface area contributed by atoms with Crippen LogP contribution in [0.5, 0.6) is 5.75 Å². The second-order valence-electron chi connectivity index (χ2n) is 7.65. The van der Waals surface area contributed by atoms with Gasteiger partial charge in [-0.1, -0.05) is 48.5 Å². The maximum Gasteiger partial charge on any atom is 0.119 e. The Morgan fingerprint density at radius 1 is 0.966 bits per heavy atom. The number of hydrogen-bond acceptors (Lipinski definition) is 4. The van der Waals surface area contributed by atoms with Crippen LogP contribution in [0.4, 0.5) is 0 Å². The standard InChI is InChI=1S/C25H29N3O/c1-20-8-13-24(27-18-20)25(28-16-5-14-26-15-17-28)22-9-11-23(12-10-22)29-19-21-6-3-2-4-7-21/h2-4,6-13,18,25-26H,5,14-17,19H2,1H3. The minimum atomic E-state index is 0.165. The average Bonchev–Trinajstić information content (AvgIpc) is 3.05. The van der Waals surface area contributed by atoms with Crippen LogP contribution in [0, 0.1) is 6.92 Å². The number of pyridine rings is 1. The van der Waals surface area contributed by atoms with Crippen LogP contribution in [0.25, 0.3) is 0 Å². The fourth-order valence-electron chi connectivity index (χ4n) is 3.82. The molecule has 1 aliphatic heterocycles. The second kappa shape index (κ2) is 9.68. The zero-order chi connectivity index (χ0) is 19.9. The van der Waals surface area contributed by atoms with Gasteiger partial charge in [-0.3, -0.25) is 9.88 Å². The molecule has 2 heterocycles. The normalized spacial score (nSPS) is 16.2. The number of rotatable bonds is 6. The van der Waals surface area contributed by atoms with Gasteiger partial charge >= 0.3 is 0 Å². The third-order valence-corrected chi connectivity index (χ3v) is 5.40. The summed E-state index contributed by atoms with van der Waals surface area (Å²) in [4.78, 5) is 7.31. The van der Waals surface area contributed by atoms with Crippen molar-refractivity contribution in [3.05, 3.63) is 95.3 Å². The Morgan fingerprint density at radius 2 is 1.79 bits per heavy atom. The summed E-state index contributed by atoms with van der Waals surface area (Å²) < 4.78 is 5.97. The molecular weight excluding hydrogens is 358 g/mol. The van der Waals surface area contributed by atoms with Crippen molar-refractivity contribution in [1.29, 1.82) is 0 Å². The van der Waals surface area contributed by atoms with Crippen LogP contribution >= 0.6 is 0 Å². The number of hydrogen-bond donors (Lipinski definition) is 1. The molecule has 4 rings (SSSR count). The van der Waals surface area contributed by atoms with E-state index in [4.69, 9.17) is 9.72 Å². The van der Waals surface area contributed by atoms with Crippen molar-refractivity contribution in [3.63, 3.8) is 0 Å². The number of aromatic nitrogens is 1. The molecule has 1 aliphatic rings. The zero-order valence-corrected chi connectivity index (χ0v) is 17.1. The SMILES string of the molecule is Cc1ccc(C(c2ccc(OCc3ccccc3)cc2)N2CCCNCC2)nc1. The van der Waals surface area contributed by atoms with Crippen molar-refractivity contribution in [2.45, 2.75) is 26.0 Å². The summed E-state index contributed by atoms with van der Waals surface area (Å²) >= 11 is 0. The molecule has 4 heteroatoms. The lowest BCUT2D eigenvalue weighted by Gasteiger charge is -2.30. The van der Waals surface area contributed by atoms with Crippen molar-refractivity contribution < 1.29 is 4.74 Å². The maximum absolute atomic E-state index is 5.97. The average molecular weight is 388 g/mol. The van der Waals surface area contributed by atoms with Gasteiger partial charge in [0.1, 0.15) is 12.4 Å². The first-order chi connectivity index (χ1) is 14.3. The molecule has 3 aromatic rings. The molecule has 0 radical (unpaired) electrons. The van der Waals surface area contributed by atoms with E-state index in [-0.39, 0.29) is 6.04 Å². The van der Waals surface area contributed by atoms with E-state index in [0.717, 1.165) is 44.0 Å². The fourth-order valence-corrected chi connectivity index (χ4v) is 3.82. The highest BCUT2D eigenvalue weighted by Gasteiger charge is 2.24. The molecule has 0 bridgehead atoms. The van der Waals surface area contributed by atoms with Crippen molar-refractivity contribution >= 4 is 0 Å². The van der Waals surface area contributed by atoms with E-state index < -0.39 is 0 Å². The third kappa shape index (κ3) is 5.22. The van der Waals surface area contributed by atoms with Crippen LogP contribution in [0.3, 0.4) is 0 Å². The molecule has 4 nitrogen and oxygen atoms in total. The Hall–Kier alpha value is -2.69. The van der Waals surface area contributed by atoms with Gasteiger partial charge in [0.05, 0.1) is 11.7 Å². The van der Waals surface area contributed by atoms with E-state index in [1.165, 1.54) is 16.7 Å². The number of aryl methyl sites for hydroxylation is 1. The smallest absolute Gasteiger partial charge is 0.119 e. The molecule has 1 aromatic heterocycles. The fraction of sp³-hybridized carbons (Fsp3) is 0.320. The molecule has 0 spiro atoms. The lowest BCUT2D eigenvalue weighted by Crippen LogP contribution is -2.33. The van der Waals surface area contributed by atoms with Crippen molar-refractivity contribution in [1.82, 2.24) is 15.2 Å². The summed E-state index contributed by atoms with van der Waals surface area (Å²) in [6, 6.07) is 23.3. The van der Waals surface area contributed by atoms with Crippen molar-refractivity contribution in [2.75, 3.05) is 26.2 Å². The van der Waals surface area contributed by atoms with Gasteiger partial charge in [0.15, 0.2) is 0 Å². The summed E-state index contributed by atoms with van der Waals surface area (Å²) in [5.41, 5.74) is 4.73. The quantitative estimate of drug-likeness (QED) is 0.682. The first-order valence-corrected chi connectivity index (χ1v) is 10.4. The molecular formula is C25H29N3O. The van der Waals surface area contributed by atoms with Crippen LogP contribution in [0.2, 0.25) is 0 Å². The monoisotopic (exact) mass is 387 g/mol. The van der Waals surface area contributed by atoms with E-state index in [9.17, 15) is 0 Å². The first-order valence-electron chi connectivity index (χ1n) is 10.4. The topological polar surface area (TPSA) is 37.4 Å². The highest BCUT2D eigenvalue weighted by Crippen LogP contribution is 2.29. The molecule has 1 unspecified atom stereocenters. The Morgan fingerprint density at radius 3 is 2.55 bits per heavy atom. The number of nitrogens with zero attached hydrogens (tertiary/aromatic N) is 2. The van der Waals surface area contributed by atoms with E-state index in [2.05, 4.69) is 65.7 Å². The summed E-state index contributed by atoms with van der Waals surface area (Å²) in [5.74, 6) is 0.894. The highest BCUT2D eigenvalue weighted by atomic mass is 16.5. The lowest BCUT2D eigenvalue weighted by atomic mass is 10.00. The van der Waals surface area contributed by atoms with Crippen molar-refractivity contribution in [2.24, 2.45) is 0 Å². The number of benzene rings is 2. The number of ether oxygens (including phenoxy) is 1. The molecule has 0 amide bonds. The van der Waals surface area contributed by atoms with Gasteiger partial charge in [-0.05, 0) is 54.8 Å². The Labute approximate surface area is 173 Å². The summed E-state index contributed by atoms with van der Waals surface area (Å²) in [7, 11) is 0. The van der Waals surface area contributed by atoms with Gasteiger partial charge in [-0.25, -0.2) is 0 Å². The summed E-state index contributed by atoms with van der Waals surface area (Å²) in [6.07, 6.45) is 3.12. The van der Waals surface area contributed by atoms with Crippen LogP contribution < -0.4 is 10.1 Å². The predicted octanol–water partition coefficient (Wildman–Crippen LogP) is 4.35. The Balaban J connectivity index is 1.54. The first kappa shape index (κ1) is 19.6. The second-order valence-corrected chi connectivity index (χ2v) is 7.65. The van der Waals surface area contributed by atoms with Gasteiger partial charge in [0.2, 0.25) is 0 Å². The largest absolute Gasteiger partial charge is 0.489 e. The Bertz CT molecular complexity index is 870. The Kier molecular flexibility index (Phi) is 6.55. The molecule has 1 atom stereocenters. The van der Waals surface area contributed by atoms with Crippen LogP contribution in [-0.2, 0) is 6.61 Å². The van der Waals surface area contributed by atoms with Gasteiger partial charge < -0.3 is 10.1 Å². The summed E-state index contributed by atoms with van der Waals surface area (Å²) in [6.45, 7) is 6.85. The van der Waals surface area contributed by atoms with E-state index in [1.807, 2.05) is 24.4 Å². The van der Waals surface area contributed by atoms with Gasteiger partial charge in [-0.2, -0.15) is 0 Å². The van der Waals surface area contributed by atoms with Crippen LogP contribution in [-0.4, -0.2) is 36.1 Å².